The first kappa shape index (κ1) is 17.9. The molecule has 0 radical (unpaired) electrons. The van der Waals surface area contributed by atoms with Gasteiger partial charge in [0.2, 0.25) is 5.91 Å². The number of hydrogen-bond donors (Lipinski definition) is 3. The third kappa shape index (κ3) is 3.99. The van der Waals surface area contributed by atoms with Crippen molar-refractivity contribution < 1.29 is 27.5 Å². The zero-order valence-electron chi connectivity index (χ0n) is 13.4. The molecule has 2 aromatic rings. The molecule has 1 aliphatic rings. The molecule has 1 saturated carbocycles. The van der Waals surface area contributed by atoms with E-state index in [-0.39, 0.29) is 22.4 Å². The van der Waals surface area contributed by atoms with Crippen LogP contribution in [-0.4, -0.2) is 25.4 Å². The van der Waals surface area contributed by atoms with Crippen LogP contribution in [0.1, 0.15) is 23.2 Å². The molecule has 9 heteroatoms. The van der Waals surface area contributed by atoms with Gasteiger partial charge in [0.15, 0.2) is 0 Å². The second-order valence-electron chi connectivity index (χ2n) is 5.90. The molecule has 1 fully saturated rings. The smallest absolute Gasteiger partial charge is 0.338 e. The fraction of sp³-hybridized carbons (Fsp3) is 0.176. The standard InChI is InChI=1S/C17H15FN2O5S/c18-15-7-6-13(9-14(15)17(22)23)26(24,25)20-12-3-1-2-11(8-12)19-16(21)10-4-5-10/h1-3,6-10,20H,4-5H2,(H,19,21)(H,22,23). The van der Waals surface area contributed by atoms with Crippen molar-refractivity contribution in [2.24, 2.45) is 5.92 Å². The van der Waals surface area contributed by atoms with Gasteiger partial charge in [-0.25, -0.2) is 17.6 Å². The molecule has 0 unspecified atom stereocenters. The predicted octanol–water partition coefficient (Wildman–Crippen LogP) is 2.67. The molecule has 0 atom stereocenters. The molecule has 1 aliphatic carbocycles. The van der Waals surface area contributed by atoms with Crippen molar-refractivity contribution in [1.82, 2.24) is 0 Å². The van der Waals surface area contributed by atoms with E-state index in [1.165, 1.54) is 12.1 Å². The van der Waals surface area contributed by atoms with Crippen LogP contribution in [0.2, 0.25) is 0 Å². The molecule has 0 aliphatic heterocycles. The highest BCUT2D eigenvalue weighted by Gasteiger charge is 2.29. The van der Waals surface area contributed by atoms with Crippen LogP contribution in [0.25, 0.3) is 0 Å². The Hall–Kier alpha value is -2.94. The molecule has 3 N–H and O–H groups in total. The van der Waals surface area contributed by atoms with Crippen LogP contribution in [0, 0.1) is 11.7 Å². The van der Waals surface area contributed by atoms with E-state index >= 15 is 0 Å². The van der Waals surface area contributed by atoms with E-state index in [1.807, 2.05) is 0 Å². The summed E-state index contributed by atoms with van der Waals surface area (Å²) in [6, 6.07) is 8.61. The molecule has 7 nitrogen and oxygen atoms in total. The molecule has 136 valence electrons. The van der Waals surface area contributed by atoms with E-state index < -0.39 is 27.4 Å². The minimum absolute atomic E-state index is 0.00371. The van der Waals surface area contributed by atoms with Crippen LogP contribution in [0.5, 0.6) is 0 Å². The first-order valence-electron chi connectivity index (χ1n) is 7.73. The van der Waals surface area contributed by atoms with Gasteiger partial charge in [-0.05, 0) is 49.2 Å². The number of nitrogens with one attached hydrogen (secondary N) is 2. The van der Waals surface area contributed by atoms with Gasteiger partial charge in [-0.15, -0.1) is 0 Å². The van der Waals surface area contributed by atoms with E-state index in [9.17, 15) is 22.4 Å². The summed E-state index contributed by atoms with van der Waals surface area (Å²) in [5.41, 5.74) is -0.120. The first-order chi connectivity index (χ1) is 12.3. The molecule has 0 heterocycles. The lowest BCUT2D eigenvalue weighted by Crippen LogP contribution is -2.16. The quantitative estimate of drug-likeness (QED) is 0.715. The van der Waals surface area contributed by atoms with E-state index in [4.69, 9.17) is 5.11 Å². The summed E-state index contributed by atoms with van der Waals surface area (Å²) in [5, 5.41) is 11.6. The Balaban J connectivity index is 1.82. The minimum atomic E-state index is -4.13. The molecule has 0 spiro atoms. The number of carbonyl (C=O) groups is 2. The number of anilines is 2. The number of carbonyl (C=O) groups excluding carboxylic acids is 1. The van der Waals surface area contributed by atoms with E-state index in [0.29, 0.717) is 5.69 Å². The fourth-order valence-corrected chi connectivity index (χ4v) is 3.38. The average molecular weight is 378 g/mol. The molecule has 0 aromatic heterocycles. The van der Waals surface area contributed by atoms with Crippen molar-refractivity contribution in [3.8, 4) is 0 Å². The van der Waals surface area contributed by atoms with Gasteiger partial charge in [0.05, 0.1) is 16.1 Å². The third-order valence-electron chi connectivity index (χ3n) is 3.81. The van der Waals surface area contributed by atoms with Crippen LogP contribution in [0.15, 0.2) is 47.4 Å². The summed E-state index contributed by atoms with van der Waals surface area (Å²) >= 11 is 0. The Bertz CT molecular complexity index is 986. The zero-order chi connectivity index (χ0) is 18.9. The summed E-state index contributed by atoms with van der Waals surface area (Å²) in [6.45, 7) is 0. The van der Waals surface area contributed by atoms with Gasteiger partial charge >= 0.3 is 5.97 Å². The van der Waals surface area contributed by atoms with Crippen molar-refractivity contribution in [3.05, 3.63) is 53.8 Å². The number of amides is 1. The lowest BCUT2D eigenvalue weighted by atomic mass is 10.2. The van der Waals surface area contributed by atoms with Crippen LogP contribution >= 0.6 is 0 Å². The van der Waals surface area contributed by atoms with Gasteiger partial charge in [0, 0.05) is 11.6 Å². The number of aromatic carboxylic acids is 1. The number of rotatable bonds is 6. The minimum Gasteiger partial charge on any atom is -0.478 e. The molecule has 0 saturated heterocycles. The molecule has 1 amide bonds. The third-order valence-corrected chi connectivity index (χ3v) is 5.19. The number of halogens is 1. The number of carboxylic acid groups (broad SMARTS) is 1. The summed E-state index contributed by atoms with van der Waals surface area (Å²) < 4.78 is 40.6. The number of carboxylic acids is 1. The molecular formula is C17H15FN2O5S. The van der Waals surface area contributed by atoms with Gasteiger partial charge < -0.3 is 10.4 Å². The maximum absolute atomic E-state index is 13.4. The molecular weight excluding hydrogens is 363 g/mol. The second-order valence-corrected chi connectivity index (χ2v) is 7.58. The average Bonchev–Trinajstić information content (AvgIpc) is 3.39. The van der Waals surface area contributed by atoms with Crippen molar-refractivity contribution >= 4 is 33.3 Å². The van der Waals surface area contributed by atoms with Gasteiger partial charge in [-0.1, -0.05) is 6.07 Å². The van der Waals surface area contributed by atoms with E-state index in [1.54, 1.807) is 12.1 Å². The van der Waals surface area contributed by atoms with Gasteiger partial charge in [-0.2, -0.15) is 0 Å². The monoisotopic (exact) mass is 378 g/mol. The Morgan fingerprint density at radius 2 is 1.77 bits per heavy atom. The largest absolute Gasteiger partial charge is 0.478 e. The number of hydrogen-bond acceptors (Lipinski definition) is 4. The number of benzene rings is 2. The van der Waals surface area contributed by atoms with Crippen molar-refractivity contribution in [3.63, 3.8) is 0 Å². The maximum atomic E-state index is 13.4. The molecule has 0 bridgehead atoms. The van der Waals surface area contributed by atoms with Crippen molar-refractivity contribution in [2.75, 3.05) is 10.0 Å². The summed E-state index contributed by atoms with van der Waals surface area (Å²) in [6.07, 6.45) is 1.68. The highest BCUT2D eigenvalue weighted by atomic mass is 32.2. The van der Waals surface area contributed by atoms with E-state index in [0.717, 1.165) is 31.0 Å². The highest BCUT2D eigenvalue weighted by molar-refractivity contribution is 7.92. The predicted molar refractivity (Wildman–Crippen MR) is 92.0 cm³/mol. The normalized spacial score (nSPS) is 13.9. The van der Waals surface area contributed by atoms with Crippen molar-refractivity contribution in [2.45, 2.75) is 17.7 Å². The Kier molecular flexibility index (Phi) is 4.64. The van der Waals surface area contributed by atoms with Gasteiger partial charge in [0.1, 0.15) is 5.82 Å². The SMILES string of the molecule is O=C(O)c1cc(S(=O)(=O)Nc2cccc(NC(=O)C3CC3)c2)ccc1F. The van der Waals surface area contributed by atoms with Crippen molar-refractivity contribution in [1.29, 1.82) is 0 Å². The Labute approximate surface area is 148 Å². The topological polar surface area (TPSA) is 113 Å². The molecule has 3 rings (SSSR count). The lowest BCUT2D eigenvalue weighted by molar-refractivity contribution is -0.117. The highest BCUT2D eigenvalue weighted by Crippen LogP contribution is 2.30. The van der Waals surface area contributed by atoms with E-state index in [2.05, 4.69) is 10.0 Å². The maximum Gasteiger partial charge on any atom is 0.338 e. The summed E-state index contributed by atoms with van der Waals surface area (Å²) in [5.74, 6) is -2.70. The van der Waals surface area contributed by atoms with Crippen LogP contribution in [-0.2, 0) is 14.8 Å². The van der Waals surface area contributed by atoms with Crippen LogP contribution in [0.4, 0.5) is 15.8 Å². The van der Waals surface area contributed by atoms with Gasteiger partial charge in [-0.3, -0.25) is 9.52 Å². The van der Waals surface area contributed by atoms with Crippen LogP contribution < -0.4 is 10.0 Å². The lowest BCUT2D eigenvalue weighted by Gasteiger charge is -2.11. The number of sulfonamides is 1. The summed E-state index contributed by atoms with van der Waals surface area (Å²) in [4.78, 5) is 22.4. The molecule has 2 aromatic carbocycles. The first-order valence-corrected chi connectivity index (χ1v) is 9.21. The van der Waals surface area contributed by atoms with Crippen LogP contribution in [0.3, 0.4) is 0 Å². The zero-order valence-corrected chi connectivity index (χ0v) is 14.2. The second kappa shape index (κ2) is 6.75. The summed E-state index contributed by atoms with van der Waals surface area (Å²) in [7, 11) is -4.13. The molecule has 26 heavy (non-hydrogen) atoms. The van der Waals surface area contributed by atoms with Gasteiger partial charge in [0.25, 0.3) is 10.0 Å². The fourth-order valence-electron chi connectivity index (χ4n) is 2.30. The Morgan fingerprint density at radius 3 is 2.42 bits per heavy atom. The Morgan fingerprint density at radius 1 is 1.08 bits per heavy atom.